The van der Waals surface area contributed by atoms with Gasteiger partial charge < -0.3 is 4.74 Å². The van der Waals surface area contributed by atoms with Crippen molar-refractivity contribution >= 4 is 5.97 Å². The molecule has 166 valence electrons. The van der Waals surface area contributed by atoms with Crippen molar-refractivity contribution in [3.05, 3.63) is 89.7 Å². The number of benzene rings is 2. The van der Waals surface area contributed by atoms with E-state index < -0.39 is 0 Å². The van der Waals surface area contributed by atoms with E-state index in [1.807, 2.05) is 36.7 Å². The second-order valence-corrected chi connectivity index (χ2v) is 8.65. The number of nitrogens with zero attached hydrogens (tertiary/aromatic N) is 3. The highest BCUT2D eigenvalue weighted by molar-refractivity contribution is 5.89. The first-order chi connectivity index (χ1) is 15.5. The van der Waals surface area contributed by atoms with Crippen LogP contribution in [0.5, 0.6) is 0 Å². The smallest absolute Gasteiger partial charge is 0.337 e. The Labute approximate surface area is 190 Å². The van der Waals surface area contributed by atoms with E-state index in [9.17, 15) is 4.79 Å². The van der Waals surface area contributed by atoms with Gasteiger partial charge in [-0.05, 0) is 60.4 Å². The summed E-state index contributed by atoms with van der Waals surface area (Å²) in [6.45, 7) is 8.48. The van der Waals surface area contributed by atoms with Gasteiger partial charge in [0, 0.05) is 50.7 Å². The molecule has 5 heteroatoms. The van der Waals surface area contributed by atoms with E-state index >= 15 is 0 Å². The molecule has 32 heavy (non-hydrogen) atoms. The van der Waals surface area contributed by atoms with Crippen LogP contribution in [0, 0.1) is 0 Å². The van der Waals surface area contributed by atoms with E-state index in [1.54, 1.807) is 0 Å². The Morgan fingerprint density at radius 2 is 1.59 bits per heavy atom. The predicted molar refractivity (Wildman–Crippen MR) is 127 cm³/mol. The van der Waals surface area contributed by atoms with Gasteiger partial charge in [-0.25, -0.2) is 4.79 Å². The molecule has 1 aromatic heterocycles. The number of methoxy groups -OCH3 is 1. The molecule has 3 aromatic rings. The first-order valence-electron chi connectivity index (χ1n) is 11.2. The van der Waals surface area contributed by atoms with E-state index in [0.717, 1.165) is 26.2 Å². The highest BCUT2D eigenvalue weighted by Gasteiger charge is 2.29. The largest absolute Gasteiger partial charge is 0.465 e. The number of esters is 1. The molecule has 2 heterocycles. The van der Waals surface area contributed by atoms with Gasteiger partial charge in [0.25, 0.3) is 0 Å². The van der Waals surface area contributed by atoms with Gasteiger partial charge in [-0.2, -0.15) is 0 Å². The van der Waals surface area contributed by atoms with Gasteiger partial charge in [0.2, 0.25) is 0 Å². The minimum Gasteiger partial charge on any atom is -0.465 e. The molecule has 4 rings (SSSR count). The summed E-state index contributed by atoms with van der Waals surface area (Å²) in [6, 6.07) is 21.5. The molecule has 0 spiro atoms. The molecule has 0 bridgehead atoms. The standard InChI is InChI=1S/C27H31N3O2/c1-20-16-29(18-22-8-10-24(11-9-22)27(31)32-3)17-21(2)30(20)19-25-6-4-5-7-26(25)23-12-14-28-15-13-23/h4-15,20-21H,16-19H2,1-3H3/t20-,21+. The Balaban J connectivity index is 1.43. The summed E-state index contributed by atoms with van der Waals surface area (Å²) < 4.78 is 4.79. The minimum atomic E-state index is -0.292. The summed E-state index contributed by atoms with van der Waals surface area (Å²) in [4.78, 5) is 20.9. The maximum Gasteiger partial charge on any atom is 0.337 e. The molecule has 1 fully saturated rings. The first kappa shape index (κ1) is 22.2. The Bertz CT molecular complexity index is 1020. The van der Waals surface area contributed by atoms with Crippen LogP contribution in [0.3, 0.4) is 0 Å². The second kappa shape index (κ2) is 10.1. The highest BCUT2D eigenvalue weighted by atomic mass is 16.5. The number of pyridine rings is 1. The molecule has 0 unspecified atom stereocenters. The van der Waals surface area contributed by atoms with Crippen LogP contribution in [0.1, 0.15) is 35.3 Å². The predicted octanol–water partition coefficient (Wildman–Crippen LogP) is 4.63. The van der Waals surface area contributed by atoms with Crippen LogP contribution >= 0.6 is 0 Å². The van der Waals surface area contributed by atoms with Crippen LogP contribution in [-0.2, 0) is 17.8 Å². The molecule has 5 nitrogen and oxygen atoms in total. The van der Waals surface area contributed by atoms with E-state index in [2.05, 4.69) is 65.0 Å². The lowest BCUT2D eigenvalue weighted by Crippen LogP contribution is -2.55. The molecular weight excluding hydrogens is 398 g/mol. The van der Waals surface area contributed by atoms with Crippen LogP contribution in [0.2, 0.25) is 0 Å². The van der Waals surface area contributed by atoms with Gasteiger partial charge in [-0.3, -0.25) is 14.8 Å². The zero-order valence-corrected chi connectivity index (χ0v) is 19.1. The Hall–Kier alpha value is -3.02. The average molecular weight is 430 g/mol. The Morgan fingerprint density at radius 1 is 0.938 bits per heavy atom. The molecule has 2 aromatic carbocycles. The molecule has 1 aliphatic rings. The van der Waals surface area contributed by atoms with Gasteiger partial charge >= 0.3 is 5.97 Å². The molecule has 1 saturated heterocycles. The molecule has 0 radical (unpaired) electrons. The average Bonchev–Trinajstić information content (AvgIpc) is 2.82. The molecule has 1 aliphatic heterocycles. The van der Waals surface area contributed by atoms with Crippen LogP contribution in [-0.4, -0.2) is 53.0 Å². The first-order valence-corrected chi connectivity index (χ1v) is 11.2. The monoisotopic (exact) mass is 429 g/mol. The summed E-state index contributed by atoms with van der Waals surface area (Å²) in [5.74, 6) is -0.292. The third-order valence-corrected chi connectivity index (χ3v) is 6.32. The van der Waals surface area contributed by atoms with Gasteiger partial charge in [0.05, 0.1) is 12.7 Å². The lowest BCUT2D eigenvalue weighted by Gasteiger charge is -2.44. The lowest BCUT2D eigenvalue weighted by atomic mass is 9.98. The van der Waals surface area contributed by atoms with Crippen molar-refractivity contribution in [2.45, 2.75) is 39.0 Å². The van der Waals surface area contributed by atoms with Crippen molar-refractivity contribution in [3.63, 3.8) is 0 Å². The number of ether oxygens (including phenoxy) is 1. The third kappa shape index (κ3) is 5.06. The quantitative estimate of drug-likeness (QED) is 0.535. The van der Waals surface area contributed by atoms with E-state index in [1.165, 1.54) is 29.4 Å². The molecular formula is C27H31N3O2. The topological polar surface area (TPSA) is 45.7 Å². The Morgan fingerprint density at radius 3 is 2.25 bits per heavy atom. The van der Waals surface area contributed by atoms with Gasteiger partial charge in [-0.15, -0.1) is 0 Å². The normalized spacial score (nSPS) is 19.6. The van der Waals surface area contributed by atoms with E-state index in [4.69, 9.17) is 4.74 Å². The summed E-state index contributed by atoms with van der Waals surface area (Å²) in [5, 5.41) is 0. The molecule has 0 saturated carbocycles. The molecule has 0 N–H and O–H groups in total. The van der Waals surface area contributed by atoms with E-state index in [-0.39, 0.29) is 5.97 Å². The molecule has 0 aliphatic carbocycles. The van der Waals surface area contributed by atoms with Crippen molar-refractivity contribution in [3.8, 4) is 11.1 Å². The van der Waals surface area contributed by atoms with Crippen molar-refractivity contribution < 1.29 is 9.53 Å². The van der Waals surface area contributed by atoms with Gasteiger partial charge in [0.15, 0.2) is 0 Å². The summed E-state index contributed by atoms with van der Waals surface area (Å²) in [5.41, 5.74) is 5.65. The highest BCUT2D eigenvalue weighted by Crippen LogP contribution is 2.27. The van der Waals surface area contributed by atoms with Crippen molar-refractivity contribution in [1.29, 1.82) is 0 Å². The second-order valence-electron chi connectivity index (χ2n) is 8.65. The molecule has 0 amide bonds. The third-order valence-electron chi connectivity index (χ3n) is 6.32. The van der Waals surface area contributed by atoms with Crippen LogP contribution in [0.15, 0.2) is 73.1 Å². The maximum atomic E-state index is 11.7. The fraction of sp³-hybridized carbons (Fsp3) is 0.333. The summed E-state index contributed by atoms with van der Waals surface area (Å²) in [6.07, 6.45) is 3.71. The number of carbonyl (C=O) groups excluding carboxylic acids is 1. The van der Waals surface area contributed by atoms with Gasteiger partial charge in [-0.1, -0.05) is 36.4 Å². The SMILES string of the molecule is COC(=O)c1ccc(CN2C[C@@H](C)N(Cc3ccccc3-c3ccncc3)[C@@H](C)C2)cc1. The number of hydrogen-bond donors (Lipinski definition) is 0. The number of carbonyl (C=O) groups is 1. The zero-order chi connectivity index (χ0) is 22.5. The van der Waals surface area contributed by atoms with Crippen molar-refractivity contribution in [2.75, 3.05) is 20.2 Å². The van der Waals surface area contributed by atoms with Gasteiger partial charge in [0.1, 0.15) is 0 Å². The summed E-state index contributed by atoms with van der Waals surface area (Å²) >= 11 is 0. The Kier molecular flexibility index (Phi) is 6.98. The number of aromatic nitrogens is 1. The van der Waals surface area contributed by atoms with Crippen molar-refractivity contribution in [1.82, 2.24) is 14.8 Å². The fourth-order valence-electron chi connectivity index (χ4n) is 4.70. The zero-order valence-electron chi connectivity index (χ0n) is 19.1. The lowest BCUT2D eigenvalue weighted by molar-refractivity contribution is 0.0291. The summed E-state index contributed by atoms with van der Waals surface area (Å²) in [7, 11) is 1.41. The maximum absolute atomic E-state index is 11.7. The number of hydrogen-bond acceptors (Lipinski definition) is 5. The number of rotatable bonds is 6. The molecule has 2 atom stereocenters. The van der Waals surface area contributed by atoms with E-state index in [0.29, 0.717) is 17.6 Å². The van der Waals surface area contributed by atoms with Crippen LogP contribution < -0.4 is 0 Å². The van der Waals surface area contributed by atoms with Crippen molar-refractivity contribution in [2.24, 2.45) is 0 Å². The minimum absolute atomic E-state index is 0.292. The fourth-order valence-corrected chi connectivity index (χ4v) is 4.70. The van der Waals surface area contributed by atoms with Crippen LogP contribution in [0.4, 0.5) is 0 Å². The number of piperazine rings is 1. The van der Waals surface area contributed by atoms with Crippen LogP contribution in [0.25, 0.3) is 11.1 Å².